The number of nitrogens with zero attached hydrogens (tertiary/aromatic N) is 4. The molecular weight excluding hydrogens is 533 g/mol. The van der Waals surface area contributed by atoms with Gasteiger partial charge < -0.3 is 4.42 Å². The molecule has 0 bridgehead atoms. The molecule has 5 heterocycles. The molecule has 7 heteroatoms. The Morgan fingerprint density at radius 3 is 1.88 bits per heavy atom. The molecule has 0 spiro atoms. The summed E-state index contributed by atoms with van der Waals surface area (Å²) in [4.78, 5) is 17.9. The molecule has 0 fully saturated rings. The molecule has 6 rings (SSSR count). The van der Waals surface area contributed by atoms with Gasteiger partial charge in [-0.15, -0.1) is 22.7 Å². The lowest BCUT2D eigenvalue weighted by atomic mass is 10.1. The Morgan fingerprint density at radius 2 is 1.23 bits per heavy atom. The van der Waals surface area contributed by atoms with Crippen molar-refractivity contribution in [2.24, 2.45) is 0 Å². The zero-order chi connectivity index (χ0) is 29.1. The largest absolute Gasteiger partial charge is 0.459 e. The number of fused-ring (bicyclic) bond motifs is 3. The summed E-state index contributed by atoms with van der Waals surface area (Å²) >= 11 is 3.58. The van der Waals surface area contributed by atoms with Crippen LogP contribution in [-0.2, 0) is 0 Å². The first-order valence-electron chi connectivity index (χ1n) is 13.9. The van der Waals surface area contributed by atoms with E-state index in [0.29, 0.717) is 17.8 Å². The number of furan rings is 1. The summed E-state index contributed by atoms with van der Waals surface area (Å²) in [5.41, 5.74) is 7.28. The Morgan fingerprint density at radius 1 is 0.625 bits per heavy atom. The fraction of sp³-hybridized carbons (Fsp3) is 0.394. The highest BCUT2D eigenvalue weighted by molar-refractivity contribution is 7.19. The number of pyridine rings is 2. The Hall–Kier alpha value is -3.16. The van der Waals surface area contributed by atoms with E-state index >= 15 is 0 Å². The first kappa shape index (κ1) is 29.8. The third kappa shape index (κ3) is 6.94. The fourth-order valence-electron chi connectivity index (χ4n) is 4.30. The number of hydrogen-bond acceptors (Lipinski definition) is 7. The van der Waals surface area contributed by atoms with Crippen LogP contribution in [0.25, 0.3) is 31.4 Å². The van der Waals surface area contributed by atoms with Crippen LogP contribution in [0.3, 0.4) is 0 Å². The Bertz CT molecular complexity index is 1620. The lowest BCUT2D eigenvalue weighted by Gasteiger charge is -1.97. The van der Waals surface area contributed by atoms with Gasteiger partial charge in [0.15, 0.2) is 5.58 Å². The predicted octanol–water partition coefficient (Wildman–Crippen LogP) is 10.4. The van der Waals surface area contributed by atoms with Gasteiger partial charge in [0.1, 0.15) is 11.3 Å². The second kappa shape index (κ2) is 12.6. The van der Waals surface area contributed by atoms with Gasteiger partial charge in [-0.2, -0.15) is 0 Å². The van der Waals surface area contributed by atoms with E-state index in [4.69, 9.17) is 4.42 Å². The van der Waals surface area contributed by atoms with Crippen molar-refractivity contribution in [3.05, 3.63) is 81.0 Å². The van der Waals surface area contributed by atoms with Crippen molar-refractivity contribution in [3.8, 4) is 0 Å². The molecule has 0 aliphatic carbocycles. The van der Waals surface area contributed by atoms with Gasteiger partial charge in [-0.25, -0.2) is 9.97 Å². The molecule has 0 amide bonds. The molecule has 0 N–H and O–H groups in total. The molecule has 0 aliphatic rings. The van der Waals surface area contributed by atoms with Gasteiger partial charge in [-0.3, -0.25) is 9.97 Å². The van der Waals surface area contributed by atoms with Crippen LogP contribution >= 0.6 is 22.7 Å². The van der Waals surface area contributed by atoms with Crippen molar-refractivity contribution in [3.63, 3.8) is 0 Å². The molecule has 0 saturated heterocycles. The van der Waals surface area contributed by atoms with Gasteiger partial charge in [0.25, 0.3) is 0 Å². The van der Waals surface area contributed by atoms with Crippen LogP contribution in [0.5, 0.6) is 0 Å². The summed E-state index contributed by atoms with van der Waals surface area (Å²) in [6, 6.07) is 14.6. The number of aryl methyl sites for hydroxylation is 4. The summed E-state index contributed by atoms with van der Waals surface area (Å²) in [6.45, 7) is 21.0. The molecule has 5 nitrogen and oxygen atoms in total. The number of thiazole rings is 2. The van der Waals surface area contributed by atoms with Crippen molar-refractivity contribution >= 4 is 54.1 Å². The smallest absolute Gasteiger partial charge is 0.155 e. The summed E-state index contributed by atoms with van der Waals surface area (Å²) in [5.74, 6) is 2.52. The summed E-state index contributed by atoms with van der Waals surface area (Å²) < 4.78 is 8.31. The van der Waals surface area contributed by atoms with Gasteiger partial charge in [-0.05, 0) is 58.0 Å². The first-order valence-corrected chi connectivity index (χ1v) is 15.5. The minimum atomic E-state index is 0.433. The molecule has 0 aliphatic heterocycles. The van der Waals surface area contributed by atoms with Crippen LogP contribution in [0.4, 0.5) is 0 Å². The van der Waals surface area contributed by atoms with Crippen molar-refractivity contribution < 1.29 is 4.42 Å². The molecule has 0 unspecified atom stereocenters. The summed E-state index contributed by atoms with van der Waals surface area (Å²) in [7, 11) is 0. The maximum atomic E-state index is 5.75. The van der Waals surface area contributed by atoms with Crippen LogP contribution in [0.1, 0.15) is 97.8 Å². The monoisotopic (exact) mass is 572 g/mol. The van der Waals surface area contributed by atoms with Crippen LogP contribution < -0.4 is 0 Å². The van der Waals surface area contributed by atoms with E-state index in [1.807, 2.05) is 33.8 Å². The minimum absolute atomic E-state index is 0.433. The molecule has 0 radical (unpaired) electrons. The lowest BCUT2D eigenvalue weighted by molar-refractivity contribution is 0.519. The van der Waals surface area contributed by atoms with Gasteiger partial charge >= 0.3 is 0 Å². The number of hydrogen-bond donors (Lipinski definition) is 0. The Kier molecular flexibility index (Phi) is 9.37. The van der Waals surface area contributed by atoms with Crippen molar-refractivity contribution in [2.75, 3.05) is 0 Å². The average Bonchev–Trinajstić information content (AvgIpc) is 3.61. The second-order valence-corrected chi connectivity index (χ2v) is 13.3. The number of benzene rings is 1. The highest BCUT2D eigenvalue weighted by Crippen LogP contribution is 2.29. The van der Waals surface area contributed by atoms with E-state index in [0.717, 1.165) is 45.2 Å². The molecule has 5 aromatic heterocycles. The van der Waals surface area contributed by atoms with E-state index < -0.39 is 0 Å². The van der Waals surface area contributed by atoms with E-state index in [1.54, 1.807) is 22.7 Å². The lowest BCUT2D eigenvalue weighted by Crippen LogP contribution is -1.87. The molecule has 6 aromatic rings. The zero-order valence-electron chi connectivity index (χ0n) is 25.3. The molecule has 210 valence electrons. The minimum Gasteiger partial charge on any atom is -0.459 e. The SMILES string of the molecule is CC(C)c1nc2ccccc2s1.Cc1cc2cc(C(C)C)oc2c(C)n1.Cc1cc2sc(C(C)C)nc2c(C)n1. The maximum absolute atomic E-state index is 5.75. The van der Waals surface area contributed by atoms with Gasteiger partial charge in [-0.1, -0.05) is 53.7 Å². The summed E-state index contributed by atoms with van der Waals surface area (Å²) in [5, 5.41) is 3.60. The number of rotatable bonds is 3. The van der Waals surface area contributed by atoms with Gasteiger partial charge in [0, 0.05) is 34.5 Å². The molecule has 0 saturated carbocycles. The molecular formula is C33H40N4OS2. The van der Waals surface area contributed by atoms with E-state index in [-0.39, 0.29) is 0 Å². The third-order valence-electron chi connectivity index (χ3n) is 6.38. The zero-order valence-corrected chi connectivity index (χ0v) is 26.9. The highest BCUT2D eigenvalue weighted by atomic mass is 32.1. The van der Waals surface area contributed by atoms with E-state index in [2.05, 4.69) is 97.9 Å². The third-order valence-corrected chi connectivity index (χ3v) is 9.02. The normalized spacial score (nSPS) is 11.4. The maximum Gasteiger partial charge on any atom is 0.155 e. The second-order valence-electron chi connectivity index (χ2n) is 11.1. The van der Waals surface area contributed by atoms with Crippen LogP contribution in [0, 0.1) is 27.7 Å². The standard InChI is InChI=1S/C12H15NO.C11H14N2S.C10H11NS/c1-7(2)11-6-10-5-8(3)13-9(4)12(10)14-11;1-6(2)11-13-10-8(4)12-7(3)5-9(10)14-11;1-7(2)10-11-8-5-3-4-6-9(8)12-10/h5-7H,1-4H3;5-6H,1-4H3;3-7H,1-2H3. The summed E-state index contributed by atoms with van der Waals surface area (Å²) in [6.07, 6.45) is 0. The van der Waals surface area contributed by atoms with Crippen LogP contribution in [-0.4, -0.2) is 19.9 Å². The number of aromatic nitrogens is 4. The van der Waals surface area contributed by atoms with Crippen molar-refractivity contribution in [1.29, 1.82) is 0 Å². The Labute approximate surface area is 245 Å². The van der Waals surface area contributed by atoms with E-state index in [1.165, 1.54) is 24.8 Å². The quantitative estimate of drug-likeness (QED) is 0.211. The molecule has 0 atom stereocenters. The molecule has 40 heavy (non-hydrogen) atoms. The van der Waals surface area contributed by atoms with Gasteiger partial charge in [0.05, 0.1) is 36.3 Å². The van der Waals surface area contributed by atoms with Crippen LogP contribution in [0.15, 0.2) is 46.9 Å². The van der Waals surface area contributed by atoms with E-state index in [9.17, 15) is 0 Å². The van der Waals surface area contributed by atoms with Crippen molar-refractivity contribution in [2.45, 2.75) is 87.0 Å². The number of para-hydroxylation sites is 1. The fourth-order valence-corrected chi connectivity index (χ4v) is 6.39. The highest BCUT2D eigenvalue weighted by Gasteiger charge is 2.11. The van der Waals surface area contributed by atoms with Gasteiger partial charge in [0.2, 0.25) is 0 Å². The molecule has 1 aromatic carbocycles. The Balaban J connectivity index is 0.000000139. The first-order chi connectivity index (χ1) is 18.9. The average molecular weight is 573 g/mol. The van der Waals surface area contributed by atoms with Crippen molar-refractivity contribution in [1.82, 2.24) is 19.9 Å². The van der Waals surface area contributed by atoms with Crippen LogP contribution in [0.2, 0.25) is 0 Å². The topological polar surface area (TPSA) is 64.7 Å². The predicted molar refractivity (Wildman–Crippen MR) is 172 cm³/mol.